The van der Waals surface area contributed by atoms with E-state index in [0.29, 0.717) is 5.92 Å². The molecule has 0 aliphatic heterocycles. The molecule has 1 rings (SSSR count). The quantitative estimate of drug-likeness (QED) is 0.728. The lowest BCUT2D eigenvalue weighted by Crippen LogP contribution is -1.87. The summed E-state index contributed by atoms with van der Waals surface area (Å²) in [5.74, 6) is 1.87. The summed E-state index contributed by atoms with van der Waals surface area (Å²) in [5, 5.41) is 3.77. The average Bonchev–Trinajstić information content (AvgIpc) is 2.72. The fourth-order valence-electron chi connectivity index (χ4n) is 0.646. The van der Waals surface area contributed by atoms with Gasteiger partial charge in [-0.2, -0.15) is 4.98 Å². The molecule has 0 amide bonds. The number of rotatable bonds is 2. The first-order valence-corrected chi connectivity index (χ1v) is 5.56. The van der Waals surface area contributed by atoms with E-state index < -0.39 is 0 Å². The van der Waals surface area contributed by atoms with Gasteiger partial charge in [-0.25, -0.2) is 0 Å². The molecule has 3 heteroatoms. The molecule has 0 spiro atoms. The second-order valence-corrected chi connectivity index (χ2v) is 2.56. The van der Waals surface area contributed by atoms with Gasteiger partial charge in [0.05, 0.1) is 0 Å². The Kier molecular flexibility index (Phi) is 11.4. The summed E-state index contributed by atoms with van der Waals surface area (Å²) >= 11 is 0. The van der Waals surface area contributed by atoms with Crippen molar-refractivity contribution in [2.75, 3.05) is 0 Å². The van der Waals surface area contributed by atoms with Crippen LogP contribution in [-0.4, -0.2) is 10.1 Å². The van der Waals surface area contributed by atoms with Crippen LogP contribution in [0.1, 0.15) is 66.1 Å². The van der Waals surface area contributed by atoms with Gasteiger partial charge < -0.3 is 4.52 Å². The zero-order valence-electron chi connectivity index (χ0n) is 10.6. The molecule has 0 saturated carbocycles. The second kappa shape index (κ2) is 10.2. The highest BCUT2D eigenvalue weighted by Crippen LogP contribution is 2.10. The molecule has 0 unspecified atom stereocenters. The molecule has 0 radical (unpaired) electrons. The molecule has 0 aromatic carbocycles. The second-order valence-electron chi connectivity index (χ2n) is 2.56. The topological polar surface area (TPSA) is 38.9 Å². The fraction of sp³-hybridized carbons (Fsp3) is 0.818. The standard InChI is InChI=1S/C7H12N2O.2C2H6/c1-4-6-8-7(5(2)3)10-9-6;2*1-2/h5H,4H2,1-3H3;2*1-2H3. The van der Waals surface area contributed by atoms with Crippen LogP contribution in [0, 0.1) is 0 Å². The van der Waals surface area contributed by atoms with Crippen LogP contribution >= 0.6 is 0 Å². The van der Waals surface area contributed by atoms with E-state index in [2.05, 4.69) is 10.1 Å². The molecule has 14 heavy (non-hydrogen) atoms. The summed E-state index contributed by atoms with van der Waals surface area (Å²) in [4.78, 5) is 4.15. The highest BCUT2D eigenvalue weighted by atomic mass is 16.5. The highest BCUT2D eigenvalue weighted by Gasteiger charge is 2.07. The smallest absolute Gasteiger partial charge is 0.229 e. The van der Waals surface area contributed by atoms with Crippen LogP contribution in [0.25, 0.3) is 0 Å². The molecule has 0 bridgehead atoms. The van der Waals surface area contributed by atoms with Crippen LogP contribution in [-0.2, 0) is 6.42 Å². The van der Waals surface area contributed by atoms with Crippen molar-refractivity contribution in [3.63, 3.8) is 0 Å². The zero-order valence-corrected chi connectivity index (χ0v) is 10.6. The predicted molar refractivity (Wildman–Crippen MR) is 60.5 cm³/mol. The van der Waals surface area contributed by atoms with E-state index in [1.54, 1.807) is 0 Å². The van der Waals surface area contributed by atoms with Gasteiger partial charge in [0.1, 0.15) is 0 Å². The van der Waals surface area contributed by atoms with Crippen molar-refractivity contribution >= 4 is 0 Å². The Labute approximate surface area is 87.9 Å². The molecule has 0 N–H and O–H groups in total. The lowest BCUT2D eigenvalue weighted by atomic mass is 10.2. The number of nitrogens with zero attached hydrogens (tertiary/aromatic N) is 2. The number of hydrogen-bond donors (Lipinski definition) is 0. The predicted octanol–water partition coefficient (Wildman–Crippen LogP) is 3.81. The highest BCUT2D eigenvalue weighted by molar-refractivity contribution is 4.89. The molecular weight excluding hydrogens is 176 g/mol. The van der Waals surface area contributed by atoms with Crippen molar-refractivity contribution in [2.45, 2.75) is 60.8 Å². The Morgan fingerprint density at radius 2 is 1.64 bits per heavy atom. The van der Waals surface area contributed by atoms with Crippen LogP contribution in [0.3, 0.4) is 0 Å². The molecule has 1 aromatic heterocycles. The molecule has 0 aliphatic rings. The maximum absolute atomic E-state index is 4.96. The van der Waals surface area contributed by atoms with Gasteiger partial charge in [0.2, 0.25) is 5.89 Å². The van der Waals surface area contributed by atoms with Gasteiger partial charge in [-0.3, -0.25) is 0 Å². The Bertz CT molecular complexity index is 207. The first kappa shape index (κ1) is 15.6. The summed E-state index contributed by atoms with van der Waals surface area (Å²) < 4.78 is 4.96. The maximum atomic E-state index is 4.96. The minimum atomic E-state index is 0.341. The summed E-state index contributed by atoms with van der Waals surface area (Å²) in [6, 6.07) is 0. The van der Waals surface area contributed by atoms with Gasteiger partial charge in [0, 0.05) is 12.3 Å². The summed E-state index contributed by atoms with van der Waals surface area (Å²) in [5.41, 5.74) is 0. The van der Waals surface area contributed by atoms with Crippen LogP contribution in [0.4, 0.5) is 0 Å². The minimum absolute atomic E-state index is 0.341. The minimum Gasteiger partial charge on any atom is -0.339 e. The van der Waals surface area contributed by atoms with Crippen molar-refractivity contribution in [1.29, 1.82) is 0 Å². The molecular formula is C11H24N2O. The van der Waals surface area contributed by atoms with Crippen LogP contribution < -0.4 is 0 Å². The van der Waals surface area contributed by atoms with E-state index in [1.165, 1.54) is 0 Å². The Morgan fingerprint density at radius 1 is 1.14 bits per heavy atom. The molecule has 84 valence electrons. The van der Waals surface area contributed by atoms with Crippen molar-refractivity contribution in [2.24, 2.45) is 0 Å². The van der Waals surface area contributed by atoms with Gasteiger partial charge >= 0.3 is 0 Å². The van der Waals surface area contributed by atoms with Gasteiger partial charge in [-0.15, -0.1) is 0 Å². The summed E-state index contributed by atoms with van der Waals surface area (Å²) in [6.45, 7) is 14.1. The average molecular weight is 200 g/mol. The van der Waals surface area contributed by atoms with E-state index >= 15 is 0 Å². The maximum Gasteiger partial charge on any atom is 0.229 e. The van der Waals surface area contributed by atoms with E-state index in [1.807, 2.05) is 48.5 Å². The Morgan fingerprint density at radius 3 is 1.86 bits per heavy atom. The van der Waals surface area contributed by atoms with Gasteiger partial charge in [0.25, 0.3) is 0 Å². The molecule has 0 aliphatic carbocycles. The van der Waals surface area contributed by atoms with Gasteiger partial charge in [-0.05, 0) is 0 Å². The molecule has 3 nitrogen and oxygen atoms in total. The fourth-order valence-corrected chi connectivity index (χ4v) is 0.646. The van der Waals surface area contributed by atoms with Crippen molar-refractivity contribution in [3.05, 3.63) is 11.7 Å². The third-order valence-corrected chi connectivity index (χ3v) is 1.29. The van der Waals surface area contributed by atoms with Gasteiger partial charge in [-0.1, -0.05) is 53.6 Å². The van der Waals surface area contributed by atoms with E-state index in [0.717, 1.165) is 18.1 Å². The van der Waals surface area contributed by atoms with Crippen molar-refractivity contribution < 1.29 is 4.52 Å². The van der Waals surface area contributed by atoms with Crippen LogP contribution in [0.15, 0.2) is 4.52 Å². The van der Waals surface area contributed by atoms with E-state index in [4.69, 9.17) is 4.52 Å². The first-order valence-electron chi connectivity index (χ1n) is 5.56. The van der Waals surface area contributed by atoms with Gasteiger partial charge in [0.15, 0.2) is 5.82 Å². The lowest BCUT2D eigenvalue weighted by molar-refractivity contribution is 0.361. The number of aromatic nitrogens is 2. The molecule has 0 saturated heterocycles. The van der Waals surface area contributed by atoms with Crippen molar-refractivity contribution in [1.82, 2.24) is 10.1 Å². The third kappa shape index (κ3) is 5.73. The Hall–Kier alpha value is -0.860. The molecule has 1 heterocycles. The molecule has 1 aromatic rings. The molecule has 0 fully saturated rings. The normalized spacial score (nSPS) is 8.57. The SMILES string of the molecule is CC.CC.CCc1noc(C(C)C)n1. The van der Waals surface area contributed by atoms with E-state index in [9.17, 15) is 0 Å². The third-order valence-electron chi connectivity index (χ3n) is 1.29. The molecule has 0 atom stereocenters. The van der Waals surface area contributed by atoms with E-state index in [-0.39, 0.29) is 0 Å². The summed E-state index contributed by atoms with van der Waals surface area (Å²) in [7, 11) is 0. The van der Waals surface area contributed by atoms with Crippen molar-refractivity contribution in [3.8, 4) is 0 Å². The number of hydrogen-bond acceptors (Lipinski definition) is 3. The lowest BCUT2D eigenvalue weighted by Gasteiger charge is -1.91. The monoisotopic (exact) mass is 200 g/mol. The Balaban J connectivity index is 0. The van der Waals surface area contributed by atoms with Crippen LogP contribution in [0.5, 0.6) is 0 Å². The summed E-state index contributed by atoms with van der Waals surface area (Å²) in [6.07, 6.45) is 0.843. The first-order chi connectivity index (χ1) is 6.74. The van der Waals surface area contributed by atoms with Crippen LogP contribution in [0.2, 0.25) is 0 Å². The zero-order chi connectivity index (χ0) is 11.6. The largest absolute Gasteiger partial charge is 0.339 e. The number of aryl methyl sites for hydroxylation is 1.